The van der Waals surface area contributed by atoms with Crippen molar-refractivity contribution in [1.29, 1.82) is 0 Å². The highest BCUT2D eigenvalue weighted by Gasteiger charge is 2.20. The van der Waals surface area contributed by atoms with Gasteiger partial charge in [-0.3, -0.25) is 4.79 Å². The lowest BCUT2D eigenvalue weighted by molar-refractivity contribution is 0.0993. The highest BCUT2D eigenvalue weighted by Crippen LogP contribution is 2.29. The minimum absolute atomic E-state index is 0.0290. The number of rotatable bonds is 5. The van der Waals surface area contributed by atoms with Gasteiger partial charge in [0.15, 0.2) is 15.6 Å². The summed E-state index contributed by atoms with van der Waals surface area (Å²) in [7, 11) is -1.99. The molecule has 0 aliphatic rings. The zero-order valence-corrected chi connectivity index (χ0v) is 11.9. The first-order valence-electron chi connectivity index (χ1n) is 5.06. The first kappa shape index (κ1) is 15.1. The van der Waals surface area contributed by atoms with Gasteiger partial charge in [-0.2, -0.15) is 0 Å². The number of Topliss-reactive ketones (excluding diaryl/α,β-unsaturated/α-hetero) is 1. The molecule has 7 heteroatoms. The van der Waals surface area contributed by atoms with Crippen LogP contribution >= 0.6 is 11.8 Å². The smallest absolute Gasteiger partial charge is 0.176 e. The van der Waals surface area contributed by atoms with Crippen LogP contribution in [0.3, 0.4) is 0 Å². The highest BCUT2D eigenvalue weighted by molar-refractivity contribution is 7.99. The van der Waals surface area contributed by atoms with Gasteiger partial charge in [-0.15, -0.1) is 11.8 Å². The van der Waals surface area contributed by atoms with Crippen molar-refractivity contribution in [2.75, 3.05) is 26.1 Å². The monoisotopic (exact) mass is 291 g/mol. The molecule has 18 heavy (non-hydrogen) atoms. The van der Waals surface area contributed by atoms with E-state index < -0.39 is 15.7 Å². The molecule has 1 N–H and O–H groups in total. The van der Waals surface area contributed by atoms with Crippen molar-refractivity contribution in [3.63, 3.8) is 0 Å². The lowest BCUT2D eigenvalue weighted by Crippen LogP contribution is -2.19. The summed E-state index contributed by atoms with van der Waals surface area (Å²) in [6.07, 6.45) is 2.58. The summed E-state index contributed by atoms with van der Waals surface area (Å²) in [5.74, 6) is -1.04. The molecule has 0 bridgehead atoms. The van der Waals surface area contributed by atoms with Crippen LogP contribution in [-0.2, 0) is 9.84 Å². The van der Waals surface area contributed by atoms with Crippen LogP contribution in [0.5, 0.6) is 0 Å². The van der Waals surface area contributed by atoms with Crippen LogP contribution in [-0.4, -0.2) is 40.3 Å². The third kappa shape index (κ3) is 3.30. The Morgan fingerprint density at radius 2 is 2.06 bits per heavy atom. The summed E-state index contributed by atoms with van der Waals surface area (Å²) in [5.41, 5.74) is 0.0556. The number of hydrogen-bond acceptors (Lipinski definition) is 5. The lowest BCUT2D eigenvalue weighted by Gasteiger charge is -2.09. The molecule has 0 aromatic heterocycles. The van der Waals surface area contributed by atoms with E-state index in [9.17, 15) is 17.6 Å². The topological polar surface area (TPSA) is 63.2 Å². The highest BCUT2D eigenvalue weighted by atomic mass is 32.2. The van der Waals surface area contributed by atoms with Gasteiger partial charge in [0, 0.05) is 11.8 Å². The van der Waals surface area contributed by atoms with Crippen LogP contribution in [0.1, 0.15) is 10.4 Å². The fourth-order valence-electron chi connectivity index (χ4n) is 1.47. The van der Waals surface area contributed by atoms with Gasteiger partial charge < -0.3 is 5.32 Å². The van der Waals surface area contributed by atoms with Gasteiger partial charge >= 0.3 is 0 Å². The average molecular weight is 291 g/mol. The molecule has 100 valence electrons. The van der Waals surface area contributed by atoms with E-state index in [1.807, 2.05) is 0 Å². The zero-order valence-electron chi connectivity index (χ0n) is 10.3. The van der Waals surface area contributed by atoms with Crippen LogP contribution in [0.15, 0.2) is 21.9 Å². The minimum Gasteiger partial charge on any atom is -0.313 e. The molecular weight excluding hydrogens is 277 g/mol. The Morgan fingerprint density at radius 3 is 2.50 bits per heavy atom. The maximum atomic E-state index is 13.8. The maximum Gasteiger partial charge on any atom is 0.176 e. The van der Waals surface area contributed by atoms with Crippen LogP contribution in [0.4, 0.5) is 4.39 Å². The third-order valence-corrected chi connectivity index (χ3v) is 4.35. The lowest BCUT2D eigenvalue weighted by atomic mass is 10.1. The SMILES string of the molecule is CNCC(=O)c1cc(F)c(SC)c(S(C)(=O)=O)c1. The number of nitrogens with one attached hydrogen (secondary N) is 1. The second kappa shape index (κ2) is 5.81. The Labute approximate surface area is 110 Å². The summed E-state index contributed by atoms with van der Waals surface area (Å²) in [4.78, 5) is 11.5. The Morgan fingerprint density at radius 1 is 1.44 bits per heavy atom. The average Bonchev–Trinajstić information content (AvgIpc) is 2.27. The number of ketones is 1. The van der Waals surface area contributed by atoms with Gasteiger partial charge in [-0.1, -0.05) is 0 Å². The largest absolute Gasteiger partial charge is 0.313 e. The predicted molar refractivity (Wildman–Crippen MR) is 69.5 cm³/mol. The van der Waals surface area contributed by atoms with E-state index in [1.165, 1.54) is 6.07 Å². The molecule has 1 aromatic carbocycles. The van der Waals surface area contributed by atoms with E-state index in [0.29, 0.717) is 0 Å². The van der Waals surface area contributed by atoms with Crippen molar-refractivity contribution in [3.8, 4) is 0 Å². The molecular formula is C11H14FNO3S2. The number of benzene rings is 1. The Balaban J connectivity index is 3.45. The molecule has 0 atom stereocenters. The number of carbonyl (C=O) groups excluding carboxylic acids is 1. The number of sulfone groups is 1. The fraction of sp³-hybridized carbons (Fsp3) is 0.364. The predicted octanol–water partition coefficient (Wildman–Crippen LogP) is 1.35. The van der Waals surface area contributed by atoms with Crippen molar-refractivity contribution in [2.24, 2.45) is 0 Å². The normalized spacial score (nSPS) is 11.6. The number of hydrogen-bond donors (Lipinski definition) is 1. The van der Waals surface area contributed by atoms with Gasteiger partial charge in [-0.05, 0) is 25.4 Å². The summed E-state index contributed by atoms with van der Waals surface area (Å²) in [5, 5.41) is 2.65. The fourth-order valence-corrected chi connectivity index (χ4v) is 3.46. The minimum atomic E-state index is -3.57. The summed E-state index contributed by atoms with van der Waals surface area (Å²) >= 11 is 1.00. The van der Waals surface area contributed by atoms with Crippen molar-refractivity contribution in [1.82, 2.24) is 5.32 Å². The summed E-state index contributed by atoms with van der Waals surface area (Å²) in [6.45, 7) is 0.0290. The summed E-state index contributed by atoms with van der Waals surface area (Å²) in [6, 6.07) is 2.30. The number of thioether (sulfide) groups is 1. The molecule has 0 amide bonds. The van der Waals surface area contributed by atoms with Gasteiger partial charge in [0.1, 0.15) is 5.82 Å². The molecule has 0 unspecified atom stereocenters. The molecule has 0 saturated heterocycles. The summed E-state index contributed by atoms with van der Waals surface area (Å²) < 4.78 is 37.0. The molecule has 0 aliphatic heterocycles. The second-order valence-corrected chi connectivity index (χ2v) is 6.52. The molecule has 4 nitrogen and oxygen atoms in total. The van der Waals surface area contributed by atoms with Crippen LogP contribution < -0.4 is 5.32 Å². The van der Waals surface area contributed by atoms with Crippen molar-refractivity contribution in [2.45, 2.75) is 9.79 Å². The van der Waals surface area contributed by atoms with E-state index in [4.69, 9.17) is 0 Å². The second-order valence-electron chi connectivity index (χ2n) is 3.72. The van der Waals surface area contributed by atoms with Crippen molar-refractivity contribution < 1.29 is 17.6 Å². The van der Waals surface area contributed by atoms with E-state index in [2.05, 4.69) is 5.32 Å². The van der Waals surface area contributed by atoms with Crippen LogP contribution in [0, 0.1) is 5.82 Å². The zero-order chi connectivity index (χ0) is 13.9. The van der Waals surface area contributed by atoms with Gasteiger partial charge in [-0.25, -0.2) is 12.8 Å². The van der Waals surface area contributed by atoms with Gasteiger partial charge in [0.25, 0.3) is 0 Å². The Hall–Kier alpha value is -0.920. The number of likely N-dealkylation sites (N-methyl/N-ethyl adjacent to an activating group) is 1. The van der Waals surface area contributed by atoms with Gasteiger partial charge in [0.05, 0.1) is 16.3 Å². The third-order valence-electron chi connectivity index (χ3n) is 2.27. The van der Waals surface area contributed by atoms with Crippen molar-refractivity contribution in [3.05, 3.63) is 23.5 Å². The Bertz CT molecular complexity index is 570. The van der Waals surface area contributed by atoms with Crippen LogP contribution in [0.25, 0.3) is 0 Å². The molecule has 1 rings (SSSR count). The standard InChI is InChI=1S/C11H14FNO3S2/c1-13-6-9(14)7-4-8(12)11(17-2)10(5-7)18(3,15)16/h4-5,13H,6H2,1-3H3. The van der Waals surface area contributed by atoms with E-state index in [-0.39, 0.29) is 27.7 Å². The molecule has 0 fully saturated rings. The van der Waals surface area contributed by atoms with E-state index >= 15 is 0 Å². The van der Waals surface area contributed by atoms with E-state index in [1.54, 1.807) is 13.3 Å². The molecule has 0 saturated carbocycles. The number of halogens is 1. The molecule has 0 heterocycles. The molecule has 0 radical (unpaired) electrons. The number of carbonyl (C=O) groups is 1. The Kier molecular flexibility index (Phi) is 4.89. The van der Waals surface area contributed by atoms with E-state index in [0.717, 1.165) is 24.1 Å². The molecule has 0 spiro atoms. The first-order valence-corrected chi connectivity index (χ1v) is 8.18. The first-order chi connectivity index (χ1) is 8.31. The van der Waals surface area contributed by atoms with Gasteiger partial charge in [0.2, 0.25) is 0 Å². The maximum absolute atomic E-state index is 13.8. The molecule has 1 aromatic rings. The van der Waals surface area contributed by atoms with Crippen LogP contribution in [0.2, 0.25) is 0 Å². The molecule has 0 aliphatic carbocycles. The quantitative estimate of drug-likeness (QED) is 0.655. The van der Waals surface area contributed by atoms with Crippen molar-refractivity contribution >= 4 is 27.4 Å².